The Kier molecular flexibility index (Phi) is 5.71. The Balaban J connectivity index is 1.85. The highest BCUT2D eigenvalue weighted by atomic mass is 35.5. The van der Waals surface area contributed by atoms with Gasteiger partial charge in [-0.15, -0.1) is 0 Å². The summed E-state index contributed by atoms with van der Waals surface area (Å²) in [5.74, 6) is -2.47. The fourth-order valence-electron chi connectivity index (χ4n) is 3.50. The van der Waals surface area contributed by atoms with Crippen LogP contribution in [0.15, 0.2) is 73.1 Å². The number of amides is 1. The van der Waals surface area contributed by atoms with Crippen molar-refractivity contribution in [2.24, 2.45) is 0 Å². The molecule has 4 aromatic rings. The van der Waals surface area contributed by atoms with Gasteiger partial charge in [-0.05, 0) is 35.9 Å². The molecule has 2 aromatic carbocycles. The lowest BCUT2D eigenvalue weighted by molar-refractivity contribution is -0.143. The van der Waals surface area contributed by atoms with E-state index in [1.807, 2.05) is 0 Å². The first-order chi connectivity index (χ1) is 15.3. The average Bonchev–Trinajstić information content (AvgIpc) is 3.10. The van der Waals surface area contributed by atoms with Gasteiger partial charge in [-0.3, -0.25) is 14.6 Å². The number of fused-ring (bicyclic) bond motifs is 1. The zero-order chi connectivity index (χ0) is 22.9. The molecule has 1 amide bonds. The fourth-order valence-corrected chi connectivity index (χ4v) is 3.63. The number of aromatic nitrogens is 2. The molecule has 1 N–H and O–H groups in total. The van der Waals surface area contributed by atoms with Gasteiger partial charge in [-0.2, -0.15) is 13.2 Å². The largest absolute Gasteiger partial charge is 0.432 e. The number of hydrogen-bond donors (Lipinski definition) is 1. The number of halogens is 4. The van der Waals surface area contributed by atoms with Crippen molar-refractivity contribution in [1.29, 1.82) is 0 Å². The van der Waals surface area contributed by atoms with Gasteiger partial charge in [0.2, 0.25) is 0 Å². The number of carbonyl (C=O) groups is 2. The highest BCUT2D eigenvalue weighted by molar-refractivity contribution is 6.48. The van der Waals surface area contributed by atoms with Crippen LogP contribution in [0.4, 0.5) is 18.9 Å². The molecule has 2 heterocycles. The number of Topliss-reactive ketones (excluding diaryl/α,β-unsaturated/α-hetero) is 1. The van der Waals surface area contributed by atoms with Gasteiger partial charge < -0.3 is 9.88 Å². The molecule has 0 aliphatic rings. The molecule has 0 bridgehead atoms. The number of rotatable bonds is 5. The van der Waals surface area contributed by atoms with E-state index in [2.05, 4.69) is 10.3 Å². The van der Waals surface area contributed by atoms with Crippen molar-refractivity contribution in [2.75, 3.05) is 5.32 Å². The van der Waals surface area contributed by atoms with E-state index >= 15 is 0 Å². The molecule has 5 nitrogen and oxygen atoms in total. The van der Waals surface area contributed by atoms with Crippen LogP contribution in [0.1, 0.15) is 21.6 Å². The topological polar surface area (TPSA) is 64.0 Å². The molecule has 0 atom stereocenters. The van der Waals surface area contributed by atoms with Gasteiger partial charge in [0.05, 0.1) is 17.4 Å². The Morgan fingerprint density at radius 3 is 2.38 bits per heavy atom. The molecule has 0 saturated heterocycles. The molecule has 0 radical (unpaired) electrons. The summed E-state index contributed by atoms with van der Waals surface area (Å²) >= 11 is 5.88. The molecule has 0 unspecified atom stereocenters. The lowest BCUT2D eigenvalue weighted by atomic mass is 10.1. The number of carbonyl (C=O) groups excluding carboxylic acids is 2. The van der Waals surface area contributed by atoms with Gasteiger partial charge in [0, 0.05) is 28.7 Å². The Labute approximate surface area is 185 Å². The summed E-state index contributed by atoms with van der Waals surface area (Å²) in [5, 5.41) is 2.80. The van der Waals surface area contributed by atoms with E-state index in [9.17, 15) is 22.8 Å². The molecule has 2 aromatic heterocycles. The van der Waals surface area contributed by atoms with Crippen LogP contribution in [0.3, 0.4) is 0 Å². The number of nitrogens with one attached hydrogen (secondary N) is 1. The van der Waals surface area contributed by atoms with Crippen LogP contribution < -0.4 is 5.32 Å². The standard InChI is InChI=1S/C23H15ClF3N3O2/c24-15-9-7-14(8-10-15)13-30-18-6-2-1-5-17(18)19(21(30)23(25,26)27)20(31)22(32)29-16-4-3-11-28-12-16/h1-12H,13H2,(H,29,32). The van der Waals surface area contributed by atoms with E-state index in [1.165, 1.54) is 42.7 Å². The van der Waals surface area contributed by atoms with E-state index in [-0.39, 0.29) is 23.1 Å². The highest BCUT2D eigenvalue weighted by Crippen LogP contribution is 2.39. The van der Waals surface area contributed by atoms with Crippen molar-refractivity contribution in [2.45, 2.75) is 12.7 Å². The average molecular weight is 458 g/mol. The summed E-state index contributed by atoms with van der Waals surface area (Å²) in [6, 6.07) is 15.3. The molecule has 0 aliphatic carbocycles. The first-order valence-electron chi connectivity index (χ1n) is 9.44. The minimum Gasteiger partial charge on any atom is -0.332 e. The number of alkyl halides is 3. The minimum atomic E-state index is -4.88. The fraction of sp³-hybridized carbons (Fsp3) is 0.0870. The van der Waals surface area contributed by atoms with E-state index < -0.39 is 29.1 Å². The normalized spacial score (nSPS) is 11.5. The summed E-state index contributed by atoms with van der Waals surface area (Å²) in [6.45, 7) is -0.163. The number of pyridine rings is 1. The van der Waals surface area contributed by atoms with Crippen molar-refractivity contribution in [1.82, 2.24) is 9.55 Å². The minimum absolute atomic E-state index is 0.0418. The smallest absolute Gasteiger partial charge is 0.332 e. The predicted molar refractivity (Wildman–Crippen MR) is 115 cm³/mol. The lowest BCUT2D eigenvalue weighted by Crippen LogP contribution is -2.26. The summed E-state index contributed by atoms with van der Waals surface area (Å²) in [6.07, 6.45) is -2.13. The zero-order valence-electron chi connectivity index (χ0n) is 16.4. The van der Waals surface area contributed by atoms with Crippen LogP contribution >= 0.6 is 11.6 Å². The number of benzene rings is 2. The Morgan fingerprint density at radius 1 is 1.00 bits per heavy atom. The van der Waals surface area contributed by atoms with Crippen molar-refractivity contribution in [3.05, 3.63) is 94.9 Å². The first-order valence-corrected chi connectivity index (χ1v) is 9.82. The number of anilines is 1. The second kappa shape index (κ2) is 8.47. The van der Waals surface area contributed by atoms with Gasteiger partial charge in [-0.1, -0.05) is 41.9 Å². The van der Waals surface area contributed by atoms with Crippen LogP contribution in [-0.4, -0.2) is 21.2 Å². The van der Waals surface area contributed by atoms with E-state index in [4.69, 9.17) is 11.6 Å². The molecule has 0 saturated carbocycles. The maximum atomic E-state index is 14.2. The summed E-state index contributed by atoms with van der Waals surface area (Å²) in [5.41, 5.74) is -0.931. The Morgan fingerprint density at radius 2 is 1.72 bits per heavy atom. The molecule has 32 heavy (non-hydrogen) atoms. The lowest BCUT2D eigenvalue weighted by Gasteiger charge is -2.15. The molecular formula is C23H15ClF3N3O2. The third kappa shape index (κ3) is 4.22. The Hall–Kier alpha value is -3.65. The third-order valence-electron chi connectivity index (χ3n) is 4.85. The number of hydrogen-bond acceptors (Lipinski definition) is 3. The summed E-state index contributed by atoms with van der Waals surface area (Å²) in [4.78, 5) is 29.4. The molecule has 162 valence electrons. The molecule has 0 fully saturated rings. The highest BCUT2D eigenvalue weighted by Gasteiger charge is 2.42. The molecule has 9 heteroatoms. The van der Waals surface area contributed by atoms with Crippen LogP contribution in [0.25, 0.3) is 10.9 Å². The Bertz CT molecular complexity index is 1300. The summed E-state index contributed by atoms with van der Waals surface area (Å²) in [7, 11) is 0. The van der Waals surface area contributed by atoms with Crippen LogP contribution in [0, 0.1) is 0 Å². The van der Waals surface area contributed by atoms with Crippen molar-refractivity contribution >= 4 is 39.9 Å². The van der Waals surface area contributed by atoms with Crippen LogP contribution in [-0.2, 0) is 17.5 Å². The maximum absolute atomic E-state index is 14.2. The van der Waals surface area contributed by atoms with Gasteiger partial charge in [-0.25, -0.2) is 0 Å². The van der Waals surface area contributed by atoms with Crippen LogP contribution in [0.2, 0.25) is 5.02 Å². The predicted octanol–water partition coefficient (Wildman–Crippen LogP) is 5.58. The molecule has 0 aliphatic heterocycles. The number of ketones is 1. The maximum Gasteiger partial charge on any atom is 0.432 e. The van der Waals surface area contributed by atoms with Gasteiger partial charge >= 0.3 is 6.18 Å². The second-order valence-corrected chi connectivity index (χ2v) is 7.41. The quantitative estimate of drug-likeness (QED) is 0.314. The van der Waals surface area contributed by atoms with E-state index in [0.717, 1.165) is 4.57 Å². The molecular weight excluding hydrogens is 443 g/mol. The third-order valence-corrected chi connectivity index (χ3v) is 5.10. The van der Waals surface area contributed by atoms with Gasteiger partial charge in [0.15, 0.2) is 0 Å². The number of nitrogens with zero attached hydrogens (tertiary/aromatic N) is 2. The van der Waals surface area contributed by atoms with Crippen molar-refractivity contribution in [3.8, 4) is 0 Å². The molecule has 0 spiro atoms. The van der Waals surface area contributed by atoms with Gasteiger partial charge in [0.1, 0.15) is 5.69 Å². The SMILES string of the molecule is O=C(Nc1cccnc1)C(=O)c1c(C(F)(F)F)n(Cc2ccc(Cl)cc2)c2ccccc12. The monoisotopic (exact) mass is 457 g/mol. The van der Waals surface area contributed by atoms with Gasteiger partial charge in [0.25, 0.3) is 11.7 Å². The van der Waals surface area contributed by atoms with E-state index in [0.29, 0.717) is 10.6 Å². The van der Waals surface area contributed by atoms with E-state index in [1.54, 1.807) is 30.3 Å². The zero-order valence-corrected chi connectivity index (χ0v) is 17.1. The summed E-state index contributed by atoms with van der Waals surface area (Å²) < 4.78 is 43.7. The number of para-hydroxylation sites is 1. The first kappa shape index (κ1) is 21.6. The molecule has 4 rings (SSSR count). The van der Waals surface area contributed by atoms with Crippen molar-refractivity contribution < 1.29 is 22.8 Å². The second-order valence-electron chi connectivity index (χ2n) is 6.98. The van der Waals surface area contributed by atoms with Crippen molar-refractivity contribution in [3.63, 3.8) is 0 Å². The van der Waals surface area contributed by atoms with Crippen LogP contribution in [0.5, 0.6) is 0 Å².